The number of rotatable bonds is 3. The van der Waals surface area contributed by atoms with Crippen LogP contribution < -0.4 is 9.64 Å². The van der Waals surface area contributed by atoms with E-state index in [2.05, 4.69) is 11.0 Å². The van der Waals surface area contributed by atoms with Crippen LogP contribution in [-0.2, 0) is 11.3 Å². The van der Waals surface area contributed by atoms with Gasteiger partial charge in [-0.3, -0.25) is 4.79 Å². The van der Waals surface area contributed by atoms with Gasteiger partial charge in [0.15, 0.2) is 6.61 Å². The van der Waals surface area contributed by atoms with Crippen LogP contribution in [0.5, 0.6) is 5.75 Å². The van der Waals surface area contributed by atoms with E-state index in [1.807, 2.05) is 25.2 Å². The predicted molar refractivity (Wildman–Crippen MR) is 97.1 cm³/mol. The highest BCUT2D eigenvalue weighted by molar-refractivity contribution is 6.34. The Morgan fingerprint density at radius 2 is 1.96 bits per heavy atom. The van der Waals surface area contributed by atoms with Crippen LogP contribution in [0.4, 0.5) is 5.69 Å². The summed E-state index contributed by atoms with van der Waals surface area (Å²) in [5, 5.41) is 0.959. The van der Waals surface area contributed by atoms with Gasteiger partial charge in [0.1, 0.15) is 5.75 Å². The molecule has 0 aliphatic carbocycles. The van der Waals surface area contributed by atoms with E-state index < -0.39 is 0 Å². The molecular weight excluding hydrogens is 347 g/mol. The van der Waals surface area contributed by atoms with Crippen LogP contribution in [-0.4, -0.2) is 37.6 Å². The van der Waals surface area contributed by atoms with Crippen LogP contribution in [0.2, 0.25) is 10.0 Å². The molecule has 0 spiro atoms. The lowest BCUT2D eigenvalue weighted by Gasteiger charge is -2.21. The minimum atomic E-state index is -0.0730. The lowest BCUT2D eigenvalue weighted by atomic mass is 10.1. The SMILES string of the molecule is CN1CCN(C(=O)COc2cc(Cl)ccc2Cl)Cc2ccccc21. The summed E-state index contributed by atoms with van der Waals surface area (Å²) in [6.07, 6.45) is 0. The summed E-state index contributed by atoms with van der Waals surface area (Å²) < 4.78 is 5.57. The zero-order chi connectivity index (χ0) is 17.1. The number of carbonyl (C=O) groups excluding carboxylic acids is 1. The lowest BCUT2D eigenvalue weighted by molar-refractivity contribution is -0.133. The van der Waals surface area contributed by atoms with Crippen molar-refractivity contribution in [2.75, 3.05) is 31.6 Å². The van der Waals surface area contributed by atoms with Crippen LogP contribution in [0, 0.1) is 0 Å². The van der Waals surface area contributed by atoms with Gasteiger partial charge in [0.25, 0.3) is 5.91 Å². The highest BCUT2D eigenvalue weighted by Crippen LogP contribution is 2.28. The molecule has 0 fully saturated rings. The fourth-order valence-electron chi connectivity index (χ4n) is 2.72. The minimum Gasteiger partial charge on any atom is -0.482 e. The number of ether oxygens (including phenoxy) is 1. The number of amides is 1. The quantitative estimate of drug-likeness (QED) is 0.828. The van der Waals surface area contributed by atoms with Gasteiger partial charge in [-0.15, -0.1) is 0 Å². The topological polar surface area (TPSA) is 32.8 Å². The Bertz CT molecular complexity index is 752. The highest BCUT2D eigenvalue weighted by Gasteiger charge is 2.21. The second-order valence-electron chi connectivity index (χ2n) is 5.73. The van der Waals surface area contributed by atoms with E-state index in [0.29, 0.717) is 28.9 Å². The summed E-state index contributed by atoms with van der Waals surface area (Å²) in [6.45, 7) is 1.94. The van der Waals surface area contributed by atoms with Crippen molar-refractivity contribution in [2.45, 2.75) is 6.54 Å². The first-order valence-electron chi connectivity index (χ1n) is 7.69. The average Bonchev–Trinajstić information content (AvgIpc) is 2.75. The largest absolute Gasteiger partial charge is 0.482 e. The van der Waals surface area contributed by atoms with Crippen LogP contribution in [0.3, 0.4) is 0 Å². The molecule has 0 saturated heterocycles. The number of carbonyl (C=O) groups is 1. The Balaban J connectivity index is 1.68. The first-order valence-corrected chi connectivity index (χ1v) is 8.45. The fourth-order valence-corrected chi connectivity index (χ4v) is 3.06. The molecule has 0 unspecified atom stereocenters. The number of hydrogen-bond acceptors (Lipinski definition) is 3. The third kappa shape index (κ3) is 3.77. The molecule has 0 saturated carbocycles. The minimum absolute atomic E-state index is 0.0635. The summed E-state index contributed by atoms with van der Waals surface area (Å²) in [7, 11) is 2.04. The van der Waals surface area contributed by atoms with Crippen molar-refractivity contribution in [3.05, 3.63) is 58.1 Å². The van der Waals surface area contributed by atoms with E-state index >= 15 is 0 Å². The van der Waals surface area contributed by atoms with Gasteiger partial charge in [-0.25, -0.2) is 0 Å². The summed E-state index contributed by atoms with van der Waals surface area (Å²) in [5.74, 6) is 0.348. The number of hydrogen-bond donors (Lipinski definition) is 0. The van der Waals surface area contributed by atoms with Crippen molar-refractivity contribution in [1.29, 1.82) is 0 Å². The molecule has 0 bridgehead atoms. The van der Waals surface area contributed by atoms with Crippen molar-refractivity contribution in [3.63, 3.8) is 0 Å². The molecule has 126 valence electrons. The van der Waals surface area contributed by atoms with Gasteiger partial charge in [-0.05, 0) is 23.8 Å². The van der Waals surface area contributed by atoms with Crippen LogP contribution in [0.15, 0.2) is 42.5 Å². The number of fused-ring (bicyclic) bond motifs is 1. The van der Waals surface area contributed by atoms with Gasteiger partial charge in [0, 0.05) is 43.5 Å². The summed E-state index contributed by atoms with van der Waals surface area (Å²) in [4.78, 5) is 16.5. The van der Waals surface area contributed by atoms with Crippen molar-refractivity contribution in [1.82, 2.24) is 4.90 Å². The van der Waals surface area contributed by atoms with E-state index in [-0.39, 0.29) is 12.5 Å². The smallest absolute Gasteiger partial charge is 0.260 e. The predicted octanol–water partition coefficient (Wildman–Crippen LogP) is 3.85. The number of anilines is 1. The molecule has 1 aliphatic rings. The van der Waals surface area contributed by atoms with E-state index in [9.17, 15) is 4.79 Å². The van der Waals surface area contributed by atoms with Gasteiger partial charge >= 0.3 is 0 Å². The van der Waals surface area contributed by atoms with Crippen molar-refractivity contribution < 1.29 is 9.53 Å². The standard InChI is InChI=1S/C18H18Cl2N2O2/c1-21-8-9-22(11-13-4-2-3-5-16(13)21)18(23)12-24-17-10-14(19)6-7-15(17)20/h2-7,10H,8-9,11-12H2,1H3. The Morgan fingerprint density at radius 1 is 1.17 bits per heavy atom. The first-order chi connectivity index (χ1) is 11.5. The second-order valence-corrected chi connectivity index (χ2v) is 6.57. The molecular formula is C18H18Cl2N2O2. The van der Waals surface area contributed by atoms with Gasteiger partial charge in [-0.2, -0.15) is 0 Å². The highest BCUT2D eigenvalue weighted by atomic mass is 35.5. The van der Waals surface area contributed by atoms with Gasteiger partial charge < -0.3 is 14.5 Å². The Kier molecular flexibility index (Phi) is 5.17. The molecule has 0 N–H and O–H groups in total. The number of benzene rings is 2. The summed E-state index contributed by atoms with van der Waals surface area (Å²) >= 11 is 12.0. The van der Waals surface area contributed by atoms with Crippen LogP contribution in [0.1, 0.15) is 5.56 Å². The molecule has 2 aromatic carbocycles. The van der Waals surface area contributed by atoms with Gasteiger partial charge in [-0.1, -0.05) is 41.4 Å². The lowest BCUT2D eigenvalue weighted by Crippen LogP contribution is -2.37. The van der Waals surface area contributed by atoms with E-state index in [4.69, 9.17) is 27.9 Å². The molecule has 1 amide bonds. The average molecular weight is 365 g/mol. The molecule has 1 aliphatic heterocycles. The first kappa shape index (κ1) is 16.9. The zero-order valence-electron chi connectivity index (χ0n) is 13.3. The Hall–Kier alpha value is -1.91. The van der Waals surface area contributed by atoms with Crippen molar-refractivity contribution in [3.8, 4) is 5.75 Å². The molecule has 4 nitrogen and oxygen atoms in total. The third-order valence-corrected chi connectivity index (χ3v) is 4.61. The van der Waals surface area contributed by atoms with E-state index in [0.717, 1.165) is 17.8 Å². The molecule has 0 atom stereocenters. The number of para-hydroxylation sites is 1. The second kappa shape index (κ2) is 7.32. The molecule has 0 aromatic heterocycles. The van der Waals surface area contributed by atoms with E-state index in [1.165, 1.54) is 0 Å². The molecule has 1 heterocycles. The van der Waals surface area contributed by atoms with Gasteiger partial charge in [0.05, 0.1) is 5.02 Å². The number of nitrogens with zero attached hydrogens (tertiary/aromatic N) is 2. The van der Waals surface area contributed by atoms with Crippen LogP contribution in [0.25, 0.3) is 0 Å². The molecule has 2 aromatic rings. The molecule has 0 radical (unpaired) electrons. The van der Waals surface area contributed by atoms with Crippen molar-refractivity contribution in [2.24, 2.45) is 0 Å². The number of halogens is 2. The van der Waals surface area contributed by atoms with E-state index in [1.54, 1.807) is 23.1 Å². The van der Waals surface area contributed by atoms with Crippen molar-refractivity contribution >= 4 is 34.8 Å². The monoisotopic (exact) mass is 364 g/mol. The maximum absolute atomic E-state index is 12.5. The normalized spacial score (nSPS) is 14.1. The maximum atomic E-state index is 12.5. The molecule has 3 rings (SSSR count). The molecule has 24 heavy (non-hydrogen) atoms. The molecule has 6 heteroatoms. The Labute approximate surface area is 151 Å². The zero-order valence-corrected chi connectivity index (χ0v) is 14.8. The fraction of sp³-hybridized carbons (Fsp3) is 0.278. The summed E-state index contributed by atoms with van der Waals surface area (Å²) in [5.41, 5.74) is 2.29. The maximum Gasteiger partial charge on any atom is 0.260 e. The number of likely N-dealkylation sites (N-methyl/N-ethyl adjacent to an activating group) is 1. The van der Waals surface area contributed by atoms with Crippen LogP contribution >= 0.6 is 23.2 Å². The van der Waals surface area contributed by atoms with Gasteiger partial charge in [0.2, 0.25) is 0 Å². The third-order valence-electron chi connectivity index (χ3n) is 4.07. The summed E-state index contributed by atoms with van der Waals surface area (Å²) in [6, 6.07) is 13.1. The Morgan fingerprint density at radius 3 is 2.79 bits per heavy atom.